The van der Waals surface area contributed by atoms with Crippen molar-refractivity contribution in [2.75, 3.05) is 7.11 Å². The lowest BCUT2D eigenvalue weighted by Crippen LogP contribution is -2.45. The summed E-state index contributed by atoms with van der Waals surface area (Å²) in [4.78, 5) is 25.6. The molecule has 6 heteroatoms. The molecule has 0 radical (unpaired) electrons. The van der Waals surface area contributed by atoms with E-state index < -0.39 is 6.04 Å². The lowest BCUT2D eigenvalue weighted by Gasteiger charge is -2.29. The Labute approximate surface area is 186 Å². The summed E-state index contributed by atoms with van der Waals surface area (Å²) >= 11 is 0. The smallest absolute Gasteiger partial charge is 0.319 e. The van der Waals surface area contributed by atoms with Crippen LogP contribution in [-0.2, 0) is 6.61 Å². The lowest BCUT2D eigenvalue weighted by molar-refractivity contribution is 0.102. The Morgan fingerprint density at radius 2 is 1.62 bits per heavy atom. The Bertz CT molecular complexity index is 1160. The number of urea groups is 1. The molecular formula is C26H24N2O4. The van der Waals surface area contributed by atoms with Crippen LogP contribution in [0.15, 0.2) is 90.1 Å². The fourth-order valence-electron chi connectivity index (χ4n) is 3.71. The first-order valence-corrected chi connectivity index (χ1v) is 10.3. The van der Waals surface area contributed by atoms with Gasteiger partial charge in [0.1, 0.15) is 6.61 Å². The molecule has 0 aliphatic carbocycles. The summed E-state index contributed by atoms with van der Waals surface area (Å²) in [5, 5.41) is 5.59. The predicted molar refractivity (Wildman–Crippen MR) is 122 cm³/mol. The maximum Gasteiger partial charge on any atom is 0.319 e. The number of Topliss-reactive ketones (excluding diaryl/α,β-unsaturated/α-hetero) is 1. The number of hydrogen-bond acceptors (Lipinski definition) is 4. The van der Waals surface area contributed by atoms with Crippen LogP contribution in [0.4, 0.5) is 4.79 Å². The highest BCUT2D eigenvalue weighted by molar-refractivity contribution is 6.11. The first kappa shape index (κ1) is 21.2. The van der Waals surface area contributed by atoms with Crippen molar-refractivity contribution in [3.63, 3.8) is 0 Å². The van der Waals surface area contributed by atoms with Crippen molar-refractivity contribution in [1.82, 2.24) is 10.6 Å². The van der Waals surface area contributed by atoms with Gasteiger partial charge in [-0.3, -0.25) is 4.79 Å². The number of ketones is 1. The fourth-order valence-corrected chi connectivity index (χ4v) is 3.71. The highest BCUT2D eigenvalue weighted by atomic mass is 16.5. The molecule has 0 aromatic heterocycles. The van der Waals surface area contributed by atoms with Crippen molar-refractivity contribution < 1.29 is 19.1 Å². The minimum Gasteiger partial charge on any atom is -0.493 e. The Kier molecular flexibility index (Phi) is 6.22. The van der Waals surface area contributed by atoms with E-state index in [4.69, 9.17) is 9.47 Å². The summed E-state index contributed by atoms with van der Waals surface area (Å²) in [6.07, 6.45) is 0. The van der Waals surface area contributed by atoms with Crippen LogP contribution in [0.1, 0.15) is 34.5 Å². The molecule has 2 amide bonds. The van der Waals surface area contributed by atoms with Gasteiger partial charge in [0.05, 0.1) is 13.2 Å². The van der Waals surface area contributed by atoms with E-state index >= 15 is 0 Å². The fraction of sp³-hybridized carbons (Fsp3) is 0.154. The lowest BCUT2D eigenvalue weighted by atomic mass is 9.89. The molecule has 0 saturated heterocycles. The van der Waals surface area contributed by atoms with Gasteiger partial charge in [0.15, 0.2) is 17.3 Å². The molecule has 0 unspecified atom stereocenters. The topological polar surface area (TPSA) is 76.7 Å². The number of hydrogen-bond donors (Lipinski definition) is 2. The van der Waals surface area contributed by atoms with Crippen molar-refractivity contribution in [2.45, 2.75) is 19.6 Å². The van der Waals surface area contributed by atoms with E-state index in [2.05, 4.69) is 10.6 Å². The molecule has 0 fully saturated rings. The standard InChI is InChI=1S/C26H24N2O4/c1-17-23(25(29)19-11-7-4-8-12-19)24(28-26(30)27-17)20-13-14-21(31-2)22(15-20)32-16-18-9-5-3-6-10-18/h3-15,24H,16H2,1-2H3,(H2,27,28,30)/t24-/m0/s1. The summed E-state index contributed by atoms with van der Waals surface area (Å²) in [5.41, 5.74) is 3.30. The summed E-state index contributed by atoms with van der Waals surface area (Å²) in [5.74, 6) is 0.954. The molecule has 1 atom stereocenters. The van der Waals surface area contributed by atoms with Crippen LogP contribution in [-0.4, -0.2) is 18.9 Å². The maximum atomic E-state index is 13.3. The van der Waals surface area contributed by atoms with Gasteiger partial charge in [-0.25, -0.2) is 4.79 Å². The maximum absolute atomic E-state index is 13.3. The Balaban J connectivity index is 1.69. The number of carbonyl (C=O) groups is 2. The average molecular weight is 428 g/mol. The molecule has 3 aromatic rings. The third-order valence-electron chi connectivity index (χ3n) is 5.31. The van der Waals surface area contributed by atoms with Crippen molar-refractivity contribution in [3.05, 3.63) is 107 Å². The van der Waals surface area contributed by atoms with Crippen LogP contribution in [0.5, 0.6) is 11.5 Å². The van der Waals surface area contributed by atoms with Gasteiger partial charge in [0, 0.05) is 16.8 Å². The van der Waals surface area contributed by atoms with E-state index in [-0.39, 0.29) is 11.8 Å². The average Bonchev–Trinajstić information content (AvgIpc) is 2.83. The van der Waals surface area contributed by atoms with Crippen LogP contribution < -0.4 is 20.1 Å². The highest BCUT2D eigenvalue weighted by Gasteiger charge is 2.32. The van der Waals surface area contributed by atoms with E-state index in [0.717, 1.165) is 11.1 Å². The molecule has 3 aromatic carbocycles. The van der Waals surface area contributed by atoms with Gasteiger partial charge in [-0.1, -0.05) is 66.7 Å². The molecule has 1 aliphatic rings. The van der Waals surface area contributed by atoms with Gasteiger partial charge in [0.25, 0.3) is 0 Å². The third kappa shape index (κ3) is 4.49. The van der Waals surface area contributed by atoms with E-state index in [9.17, 15) is 9.59 Å². The van der Waals surface area contributed by atoms with Crippen LogP contribution in [0, 0.1) is 0 Å². The second-order valence-electron chi connectivity index (χ2n) is 7.45. The molecular weight excluding hydrogens is 404 g/mol. The Hall–Kier alpha value is -4.06. The summed E-state index contributed by atoms with van der Waals surface area (Å²) in [6, 6.07) is 23.3. The number of benzene rings is 3. The molecule has 1 heterocycles. The van der Waals surface area contributed by atoms with Crippen molar-refractivity contribution >= 4 is 11.8 Å². The summed E-state index contributed by atoms with van der Waals surface area (Å²) in [7, 11) is 1.57. The largest absolute Gasteiger partial charge is 0.493 e. The van der Waals surface area contributed by atoms with E-state index in [1.54, 1.807) is 32.2 Å². The van der Waals surface area contributed by atoms with Gasteiger partial charge in [0.2, 0.25) is 0 Å². The van der Waals surface area contributed by atoms with Crippen LogP contribution in [0.25, 0.3) is 0 Å². The molecule has 2 N–H and O–H groups in total. The van der Waals surface area contributed by atoms with Crippen molar-refractivity contribution in [1.29, 1.82) is 0 Å². The number of ether oxygens (including phenoxy) is 2. The van der Waals surface area contributed by atoms with E-state index in [1.165, 1.54) is 0 Å². The second kappa shape index (κ2) is 9.39. The van der Waals surface area contributed by atoms with Gasteiger partial charge < -0.3 is 20.1 Å². The second-order valence-corrected chi connectivity index (χ2v) is 7.45. The molecule has 4 rings (SSSR count). The number of amides is 2. The number of allylic oxidation sites excluding steroid dienone is 1. The number of methoxy groups -OCH3 is 1. The predicted octanol–water partition coefficient (Wildman–Crippen LogP) is 4.79. The van der Waals surface area contributed by atoms with Gasteiger partial charge in [-0.15, -0.1) is 0 Å². The molecule has 0 saturated carbocycles. The zero-order valence-electron chi connectivity index (χ0n) is 17.9. The number of rotatable bonds is 7. The normalized spacial score (nSPS) is 15.6. The van der Waals surface area contributed by atoms with E-state index in [0.29, 0.717) is 34.9 Å². The summed E-state index contributed by atoms with van der Waals surface area (Å²) < 4.78 is 11.5. The van der Waals surface area contributed by atoms with Gasteiger partial charge in [-0.2, -0.15) is 0 Å². The van der Waals surface area contributed by atoms with Gasteiger partial charge in [-0.05, 0) is 30.2 Å². The molecule has 1 aliphatic heterocycles. The van der Waals surface area contributed by atoms with Crippen molar-refractivity contribution in [2.24, 2.45) is 0 Å². The van der Waals surface area contributed by atoms with Crippen LogP contribution >= 0.6 is 0 Å². The minimum absolute atomic E-state index is 0.150. The molecule has 0 spiro atoms. The molecule has 6 nitrogen and oxygen atoms in total. The SMILES string of the molecule is COc1ccc([C@@H]2NC(=O)NC(C)=C2C(=O)c2ccccc2)cc1OCc1ccccc1. The molecule has 32 heavy (non-hydrogen) atoms. The first-order valence-electron chi connectivity index (χ1n) is 10.3. The van der Waals surface area contributed by atoms with Crippen LogP contribution in [0.3, 0.4) is 0 Å². The van der Waals surface area contributed by atoms with E-state index in [1.807, 2.05) is 60.7 Å². The zero-order chi connectivity index (χ0) is 22.5. The quantitative estimate of drug-likeness (QED) is 0.531. The molecule has 0 bridgehead atoms. The van der Waals surface area contributed by atoms with Gasteiger partial charge >= 0.3 is 6.03 Å². The van der Waals surface area contributed by atoms with Crippen LogP contribution in [0.2, 0.25) is 0 Å². The monoisotopic (exact) mass is 428 g/mol. The zero-order valence-corrected chi connectivity index (χ0v) is 17.9. The Morgan fingerprint density at radius 1 is 0.938 bits per heavy atom. The number of carbonyl (C=O) groups excluding carboxylic acids is 2. The van der Waals surface area contributed by atoms with Crippen molar-refractivity contribution in [3.8, 4) is 11.5 Å². The first-order chi connectivity index (χ1) is 15.6. The minimum atomic E-state index is -0.624. The Morgan fingerprint density at radius 3 is 2.31 bits per heavy atom. The third-order valence-corrected chi connectivity index (χ3v) is 5.31. The highest BCUT2D eigenvalue weighted by Crippen LogP contribution is 2.35. The summed E-state index contributed by atoms with van der Waals surface area (Å²) in [6.45, 7) is 2.10. The number of nitrogens with one attached hydrogen (secondary N) is 2. The molecule has 162 valence electrons.